The van der Waals surface area contributed by atoms with Crippen molar-refractivity contribution in [1.82, 2.24) is 0 Å². The molecule has 0 spiro atoms. The number of hydrogen-bond acceptors (Lipinski definition) is 4. The first-order valence-electron chi connectivity index (χ1n) is 0.612. The molecule has 0 saturated heterocycles. The molecule has 0 unspecified atom stereocenters. The van der Waals surface area contributed by atoms with Crippen LogP contribution in [0.3, 0.4) is 0 Å². The number of carboxylic acid groups (broad SMARTS) is 2. The van der Waals surface area contributed by atoms with Crippen LogP contribution in [0.15, 0.2) is 0 Å². The van der Waals surface area contributed by atoms with E-state index < -0.39 is 6.16 Å². The van der Waals surface area contributed by atoms with E-state index in [4.69, 9.17) is 15.0 Å². The third-order valence-corrected chi connectivity index (χ3v) is 0. The molecular weight excluding hydrogens is 283 g/mol. The van der Waals surface area contributed by atoms with Crippen molar-refractivity contribution in [3.63, 3.8) is 0 Å². The van der Waals surface area contributed by atoms with Crippen LogP contribution >= 0.6 is 0 Å². The SMILES string of the molecule is O=C([O-])[O-].[OH-].[Pb]. The molecule has 5 heteroatoms. The second-order valence-electron chi connectivity index (χ2n) is 0.250. The molecule has 0 aromatic carbocycles. The molecule has 0 aliphatic carbocycles. The first-order valence-corrected chi connectivity index (χ1v) is 0.612. The van der Waals surface area contributed by atoms with E-state index in [1.807, 2.05) is 0 Å². The molecule has 0 saturated carbocycles. The normalized spacial score (nSPS) is 4.00. The first-order chi connectivity index (χ1) is 1.73. The van der Waals surface area contributed by atoms with E-state index in [0.717, 1.165) is 0 Å². The minimum atomic E-state index is -2.33. The molecule has 6 heavy (non-hydrogen) atoms. The van der Waals surface area contributed by atoms with E-state index in [1.165, 1.54) is 0 Å². The van der Waals surface area contributed by atoms with Crippen molar-refractivity contribution in [2.24, 2.45) is 0 Å². The molecule has 0 aliphatic rings. The third-order valence-electron chi connectivity index (χ3n) is 0. The molecule has 0 atom stereocenters. The van der Waals surface area contributed by atoms with Crippen molar-refractivity contribution in [2.75, 3.05) is 0 Å². The second-order valence-corrected chi connectivity index (χ2v) is 0.250. The maximum atomic E-state index is 8.33. The molecule has 0 rings (SSSR count). The van der Waals surface area contributed by atoms with E-state index >= 15 is 0 Å². The predicted molar refractivity (Wildman–Crippen MR) is 13.1 cm³/mol. The summed E-state index contributed by atoms with van der Waals surface area (Å²) in [5, 5.41) is 16.7. The van der Waals surface area contributed by atoms with Gasteiger partial charge in [0.15, 0.2) is 0 Å². The Hall–Kier alpha value is 0.152. The Labute approximate surface area is 54.3 Å². The van der Waals surface area contributed by atoms with E-state index in [2.05, 4.69) is 0 Å². The van der Waals surface area contributed by atoms with Crippen LogP contribution in [0.2, 0.25) is 0 Å². The van der Waals surface area contributed by atoms with Gasteiger partial charge in [0.2, 0.25) is 0 Å². The molecular formula is CHO4Pb-3. The van der Waals surface area contributed by atoms with Crippen molar-refractivity contribution in [1.29, 1.82) is 0 Å². The zero-order chi connectivity index (χ0) is 3.58. The average molecular weight is 284 g/mol. The molecule has 4 nitrogen and oxygen atoms in total. The molecule has 0 heterocycles. The van der Waals surface area contributed by atoms with Crippen LogP contribution in [0, 0.1) is 0 Å². The van der Waals surface area contributed by atoms with Crippen molar-refractivity contribution in [3.8, 4) is 0 Å². The standard InChI is InChI=1S/CH2O3.H2O.Pb/c2-1(3)4;;/h(H2,2,3,4);1H2;/p-3. The van der Waals surface area contributed by atoms with Crippen molar-refractivity contribution < 1.29 is 20.5 Å². The van der Waals surface area contributed by atoms with Gasteiger partial charge in [-0.15, -0.1) is 0 Å². The summed E-state index contributed by atoms with van der Waals surface area (Å²) in [6.45, 7) is 0. The van der Waals surface area contributed by atoms with E-state index in [1.54, 1.807) is 0 Å². The maximum absolute atomic E-state index is 8.33. The molecule has 0 fully saturated rings. The smallest absolute Gasteiger partial charge is 0 e. The van der Waals surface area contributed by atoms with Gasteiger partial charge in [0, 0.05) is 27.3 Å². The van der Waals surface area contributed by atoms with Gasteiger partial charge in [-0.25, -0.2) is 0 Å². The van der Waals surface area contributed by atoms with E-state index in [0.29, 0.717) is 0 Å². The van der Waals surface area contributed by atoms with Crippen LogP contribution < -0.4 is 10.2 Å². The Bertz CT molecular complexity index is 30.5. The number of rotatable bonds is 0. The molecule has 0 aromatic rings. The molecule has 0 aromatic heterocycles. The van der Waals surface area contributed by atoms with Gasteiger partial charge in [0.1, 0.15) is 0 Å². The summed E-state index contributed by atoms with van der Waals surface area (Å²) < 4.78 is 0. The van der Waals surface area contributed by atoms with Crippen LogP contribution in [0.1, 0.15) is 0 Å². The number of carbonyl (C=O) groups excluding carboxylic acids is 1. The summed E-state index contributed by atoms with van der Waals surface area (Å²) in [4.78, 5) is 8.33. The summed E-state index contributed by atoms with van der Waals surface area (Å²) in [6, 6.07) is 0. The van der Waals surface area contributed by atoms with Gasteiger partial charge in [-0.1, -0.05) is 0 Å². The van der Waals surface area contributed by atoms with Crippen LogP contribution in [-0.2, 0) is 0 Å². The molecule has 0 amide bonds. The fourth-order valence-corrected chi connectivity index (χ4v) is 0. The summed E-state index contributed by atoms with van der Waals surface area (Å²) in [7, 11) is 0. The largest absolute Gasteiger partial charge is 0.870 e. The van der Waals surface area contributed by atoms with E-state index in [-0.39, 0.29) is 32.8 Å². The van der Waals surface area contributed by atoms with Gasteiger partial charge in [0.25, 0.3) is 0 Å². The molecule has 4 radical (unpaired) electrons. The topological polar surface area (TPSA) is 93.2 Å². The summed E-state index contributed by atoms with van der Waals surface area (Å²) in [5.41, 5.74) is 0. The number of hydrogen-bond donors (Lipinski definition) is 0. The van der Waals surface area contributed by atoms with Gasteiger partial charge < -0.3 is 20.5 Å². The maximum Gasteiger partial charge on any atom is 0 e. The minimum absolute atomic E-state index is 0. The Morgan fingerprint density at radius 3 is 1.33 bits per heavy atom. The van der Waals surface area contributed by atoms with Crippen LogP contribution in [0.5, 0.6) is 0 Å². The molecule has 0 aliphatic heterocycles. The average Bonchev–Trinajstić information content (AvgIpc) is 0.811. The zero-order valence-electron chi connectivity index (χ0n) is 2.67. The molecule has 36 valence electrons. The Morgan fingerprint density at radius 1 is 1.33 bits per heavy atom. The monoisotopic (exact) mass is 285 g/mol. The fourth-order valence-electron chi connectivity index (χ4n) is 0. The first kappa shape index (κ1) is 16.4. The molecule has 0 bridgehead atoms. The van der Waals surface area contributed by atoms with Gasteiger partial charge in [-0.05, 0) is 6.16 Å². The summed E-state index contributed by atoms with van der Waals surface area (Å²) in [5.74, 6) is 0. The third kappa shape index (κ3) is 1780. The summed E-state index contributed by atoms with van der Waals surface area (Å²) >= 11 is 0. The van der Waals surface area contributed by atoms with Crippen molar-refractivity contribution in [2.45, 2.75) is 0 Å². The van der Waals surface area contributed by atoms with Crippen LogP contribution in [0.4, 0.5) is 4.79 Å². The van der Waals surface area contributed by atoms with Gasteiger partial charge >= 0.3 is 0 Å². The fraction of sp³-hybridized carbons (Fsp3) is 0. The minimum Gasteiger partial charge on any atom is -0.870 e. The second kappa shape index (κ2) is 8.94. The van der Waals surface area contributed by atoms with Crippen LogP contribution in [0.25, 0.3) is 0 Å². The van der Waals surface area contributed by atoms with Gasteiger partial charge in [-0.2, -0.15) is 0 Å². The Morgan fingerprint density at radius 2 is 1.33 bits per heavy atom. The quantitative estimate of drug-likeness (QED) is 0.443. The van der Waals surface area contributed by atoms with Crippen LogP contribution in [-0.4, -0.2) is 38.9 Å². The van der Waals surface area contributed by atoms with Gasteiger partial charge in [-0.3, -0.25) is 0 Å². The summed E-state index contributed by atoms with van der Waals surface area (Å²) in [6.07, 6.45) is -2.33. The predicted octanol–water partition coefficient (Wildman–Crippen LogP) is -3.00. The van der Waals surface area contributed by atoms with Crippen molar-refractivity contribution in [3.05, 3.63) is 0 Å². The zero-order valence-corrected chi connectivity index (χ0v) is 6.56. The van der Waals surface area contributed by atoms with Crippen molar-refractivity contribution >= 4 is 33.5 Å². The Balaban J connectivity index is -0.0000000450. The number of carbonyl (C=O) groups is 1. The van der Waals surface area contributed by atoms with E-state index in [9.17, 15) is 0 Å². The molecule has 1 N–H and O–H groups in total. The Kier molecular flexibility index (Phi) is 24.5. The van der Waals surface area contributed by atoms with Gasteiger partial charge in [0.05, 0.1) is 0 Å².